The number of nitrogens with one attached hydrogen (secondary N) is 1. The Labute approximate surface area is 163 Å². The topological polar surface area (TPSA) is 31.5 Å². The number of aromatic amines is 1. The molecule has 1 atom stereocenters. The van der Waals surface area contributed by atoms with Crippen molar-refractivity contribution in [3.63, 3.8) is 0 Å². The second-order valence-corrected chi connectivity index (χ2v) is 9.19. The Balaban J connectivity index is 1.53. The molecule has 0 aliphatic carbocycles. The van der Waals surface area contributed by atoms with Crippen LogP contribution in [0.5, 0.6) is 5.75 Å². The zero-order chi connectivity index (χ0) is 18.2. The minimum absolute atomic E-state index is 0.162. The van der Waals surface area contributed by atoms with Gasteiger partial charge in [-0.1, -0.05) is 0 Å². The molecule has 0 amide bonds. The van der Waals surface area contributed by atoms with Gasteiger partial charge >= 0.3 is 0 Å². The molecule has 4 aliphatic heterocycles. The van der Waals surface area contributed by atoms with Crippen molar-refractivity contribution < 1.29 is 4.74 Å². The lowest BCUT2D eigenvalue weighted by Gasteiger charge is -2.62. The van der Waals surface area contributed by atoms with Crippen molar-refractivity contribution >= 4 is 22.2 Å². The first-order chi connectivity index (χ1) is 13.2. The van der Waals surface area contributed by atoms with Gasteiger partial charge in [-0.2, -0.15) is 0 Å². The van der Waals surface area contributed by atoms with Crippen molar-refractivity contribution in [2.75, 3.05) is 26.7 Å². The van der Waals surface area contributed by atoms with Crippen LogP contribution in [0.2, 0.25) is 0 Å². The number of rotatable bonds is 2. The SMILES string of the molecule is COc1ccc2[nH]c3c(c2c1)CCN1C(c2sccc2C)N2CCC31CC2. The fourth-order valence-electron chi connectivity index (χ4n) is 5.79. The molecule has 7 rings (SSSR count). The molecule has 4 aliphatic rings. The van der Waals surface area contributed by atoms with Crippen molar-refractivity contribution in [1.82, 2.24) is 14.8 Å². The number of methoxy groups -OCH3 is 1. The van der Waals surface area contributed by atoms with E-state index in [0.717, 1.165) is 18.7 Å². The van der Waals surface area contributed by atoms with Gasteiger partial charge < -0.3 is 9.72 Å². The fourth-order valence-corrected chi connectivity index (χ4v) is 6.86. The van der Waals surface area contributed by atoms with Gasteiger partial charge in [-0.05, 0) is 67.0 Å². The first-order valence-corrected chi connectivity index (χ1v) is 10.8. The Morgan fingerprint density at radius 2 is 2.04 bits per heavy atom. The molecule has 27 heavy (non-hydrogen) atoms. The van der Waals surface area contributed by atoms with Gasteiger partial charge in [-0.25, -0.2) is 0 Å². The molecule has 1 spiro atoms. The lowest BCUT2D eigenvalue weighted by Crippen LogP contribution is -2.66. The van der Waals surface area contributed by atoms with E-state index in [0.29, 0.717) is 6.17 Å². The molecule has 4 nitrogen and oxygen atoms in total. The Kier molecular flexibility index (Phi) is 3.35. The van der Waals surface area contributed by atoms with E-state index in [4.69, 9.17) is 4.74 Å². The summed E-state index contributed by atoms with van der Waals surface area (Å²) >= 11 is 1.93. The van der Waals surface area contributed by atoms with E-state index in [1.807, 2.05) is 11.3 Å². The van der Waals surface area contributed by atoms with Crippen LogP contribution in [0.25, 0.3) is 10.9 Å². The number of piperidine rings is 1. The normalized spacial score (nSPS) is 29.7. The van der Waals surface area contributed by atoms with Crippen LogP contribution in [-0.2, 0) is 12.0 Å². The summed E-state index contributed by atoms with van der Waals surface area (Å²) in [6.45, 7) is 5.79. The zero-order valence-electron chi connectivity index (χ0n) is 15.9. The third kappa shape index (κ3) is 2.05. The molecule has 1 N–H and O–H groups in total. The highest BCUT2D eigenvalue weighted by Crippen LogP contribution is 2.55. The quantitative estimate of drug-likeness (QED) is 0.716. The maximum Gasteiger partial charge on any atom is 0.119 e. The Morgan fingerprint density at radius 1 is 1.19 bits per heavy atom. The molecule has 0 saturated carbocycles. The van der Waals surface area contributed by atoms with Gasteiger partial charge in [-0.3, -0.25) is 9.80 Å². The molecular weight excluding hydrogens is 354 g/mol. The monoisotopic (exact) mass is 379 g/mol. The van der Waals surface area contributed by atoms with Gasteiger partial charge in [0.1, 0.15) is 5.75 Å². The molecule has 2 aromatic heterocycles. The molecule has 3 fully saturated rings. The van der Waals surface area contributed by atoms with Crippen molar-refractivity contribution in [3.8, 4) is 5.75 Å². The summed E-state index contributed by atoms with van der Waals surface area (Å²) in [6.07, 6.45) is 4.01. The summed E-state index contributed by atoms with van der Waals surface area (Å²) in [5.41, 5.74) is 5.87. The molecule has 3 saturated heterocycles. The Hall–Kier alpha value is -1.82. The molecule has 1 unspecified atom stereocenters. The Bertz CT molecular complexity index is 1030. The highest BCUT2D eigenvalue weighted by molar-refractivity contribution is 7.10. The fraction of sp³-hybridized carbons (Fsp3) is 0.455. The number of ether oxygens (including phenoxy) is 1. The molecule has 0 radical (unpaired) electrons. The summed E-state index contributed by atoms with van der Waals surface area (Å²) in [7, 11) is 1.76. The van der Waals surface area contributed by atoms with Crippen LogP contribution in [-0.4, -0.2) is 41.5 Å². The van der Waals surface area contributed by atoms with Gasteiger partial charge in [-0.15, -0.1) is 11.3 Å². The average Bonchev–Trinajstić information content (AvgIpc) is 3.30. The second kappa shape index (κ2) is 5.60. The van der Waals surface area contributed by atoms with E-state index < -0.39 is 0 Å². The number of benzene rings is 1. The summed E-state index contributed by atoms with van der Waals surface area (Å²) < 4.78 is 5.50. The number of hydrogen-bond acceptors (Lipinski definition) is 4. The highest BCUT2D eigenvalue weighted by atomic mass is 32.1. The third-order valence-corrected chi connectivity index (χ3v) is 8.19. The minimum atomic E-state index is 0.162. The van der Waals surface area contributed by atoms with Crippen LogP contribution in [0.15, 0.2) is 29.6 Å². The van der Waals surface area contributed by atoms with Gasteiger partial charge in [0.2, 0.25) is 0 Å². The molecule has 6 heterocycles. The van der Waals surface area contributed by atoms with Crippen molar-refractivity contribution in [2.45, 2.75) is 37.9 Å². The maximum atomic E-state index is 5.50. The van der Waals surface area contributed by atoms with Crippen molar-refractivity contribution in [3.05, 3.63) is 51.3 Å². The van der Waals surface area contributed by atoms with Crippen LogP contribution in [0.1, 0.15) is 40.7 Å². The van der Waals surface area contributed by atoms with Gasteiger partial charge in [0, 0.05) is 41.1 Å². The predicted octanol–water partition coefficient (Wildman–Crippen LogP) is 4.41. The number of fused-ring (bicyclic) bond motifs is 5. The van der Waals surface area contributed by atoms with E-state index in [9.17, 15) is 0 Å². The van der Waals surface area contributed by atoms with Crippen LogP contribution in [0, 0.1) is 6.92 Å². The number of thiophene rings is 1. The smallest absolute Gasteiger partial charge is 0.119 e. The van der Waals surface area contributed by atoms with Crippen LogP contribution < -0.4 is 4.74 Å². The minimum Gasteiger partial charge on any atom is -0.497 e. The number of hydrogen-bond donors (Lipinski definition) is 1. The second-order valence-electron chi connectivity index (χ2n) is 8.24. The number of H-pyrrole nitrogens is 1. The zero-order valence-corrected chi connectivity index (χ0v) is 16.7. The maximum absolute atomic E-state index is 5.50. The molecule has 2 bridgehead atoms. The van der Waals surface area contributed by atoms with E-state index in [-0.39, 0.29) is 5.54 Å². The average molecular weight is 380 g/mol. The van der Waals surface area contributed by atoms with Crippen LogP contribution in [0.3, 0.4) is 0 Å². The molecular formula is C22H25N3OS. The van der Waals surface area contributed by atoms with Crippen LogP contribution >= 0.6 is 11.3 Å². The molecule has 5 heteroatoms. The van der Waals surface area contributed by atoms with Crippen LogP contribution in [0.4, 0.5) is 0 Å². The summed E-state index contributed by atoms with van der Waals surface area (Å²) in [6, 6.07) is 8.75. The predicted molar refractivity (Wildman–Crippen MR) is 110 cm³/mol. The van der Waals surface area contributed by atoms with E-state index >= 15 is 0 Å². The Morgan fingerprint density at radius 3 is 2.78 bits per heavy atom. The van der Waals surface area contributed by atoms with Crippen molar-refractivity contribution in [1.29, 1.82) is 0 Å². The van der Waals surface area contributed by atoms with Gasteiger partial charge in [0.15, 0.2) is 0 Å². The van der Waals surface area contributed by atoms with E-state index in [2.05, 4.69) is 51.4 Å². The number of aromatic nitrogens is 1. The number of nitrogens with zero attached hydrogens (tertiary/aromatic N) is 2. The third-order valence-electron chi connectivity index (χ3n) is 7.13. The van der Waals surface area contributed by atoms with E-state index in [1.54, 1.807) is 12.0 Å². The summed E-state index contributed by atoms with van der Waals surface area (Å²) in [5, 5.41) is 3.61. The summed E-state index contributed by atoms with van der Waals surface area (Å²) in [4.78, 5) is 10.9. The van der Waals surface area contributed by atoms with Gasteiger partial charge in [0.05, 0.1) is 18.8 Å². The lowest BCUT2D eigenvalue weighted by molar-refractivity contribution is -0.148. The lowest BCUT2D eigenvalue weighted by atomic mass is 9.74. The number of aryl methyl sites for hydroxylation is 1. The molecule has 1 aromatic carbocycles. The highest BCUT2D eigenvalue weighted by Gasteiger charge is 2.55. The van der Waals surface area contributed by atoms with E-state index in [1.165, 1.54) is 53.7 Å². The largest absolute Gasteiger partial charge is 0.497 e. The first kappa shape index (κ1) is 16.2. The first-order valence-electron chi connectivity index (χ1n) is 9.95. The summed E-state index contributed by atoms with van der Waals surface area (Å²) in [5.74, 6) is 0.953. The molecule has 140 valence electrons. The van der Waals surface area contributed by atoms with Crippen molar-refractivity contribution in [2.24, 2.45) is 0 Å². The standard InChI is InChI=1S/C22H25N3OS/c1-14-6-12-27-19(14)21-24-10-7-22(8-11-24)20-16(5-9-25(21)22)17-13-15(26-2)3-4-18(17)23-20/h3-4,6,12-13,21,23H,5,7-11H2,1-2H3. The molecule has 3 aromatic rings. The van der Waals surface area contributed by atoms with Gasteiger partial charge in [0.25, 0.3) is 0 Å².